The summed E-state index contributed by atoms with van der Waals surface area (Å²) in [5.74, 6) is 0.958. The first kappa shape index (κ1) is 14.3. The molecule has 0 aliphatic carbocycles. The molecule has 0 radical (unpaired) electrons. The Morgan fingerprint density at radius 2 is 1.90 bits per heavy atom. The molecule has 0 fully saturated rings. The second-order valence-electron chi connectivity index (χ2n) is 4.41. The van der Waals surface area contributed by atoms with E-state index in [4.69, 9.17) is 4.74 Å². The van der Waals surface area contributed by atoms with Crippen LogP contribution in [0, 0.1) is 13.8 Å². The molecule has 0 saturated heterocycles. The Balaban J connectivity index is 2.42. The zero-order valence-electron chi connectivity index (χ0n) is 11.5. The van der Waals surface area contributed by atoms with Crippen molar-refractivity contribution < 1.29 is 13.2 Å². The number of rotatable bonds is 4. The number of nitrogens with one attached hydrogen (secondary N) is 1. The van der Waals surface area contributed by atoms with Crippen LogP contribution in [-0.4, -0.2) is 20.5 Å². The average molecular weight is 292 g/mol. The van der Waals surface area contributed by atoms with Crippen molar-refractivity contribution in [3.8, 4) is 5.75 Å². The normalized spacial score (nSPS) is 11.2. The largest absolute Gasteiger partial charge is 0.496 e. The number of hydrogen-bond donors (Lipinski definition) is 1. The molecule has 20 heavy (non-hydrogen) atoms. The van der Waals surface area contributed by atoms with Crippen LogP contribution in [0.1, 0.15) is 11.1 Å². The van der Waals surface area contributed by atoms with E-state index in [0.29, 0.717) is 17.1 Å². The van der Waals surface area contributed by atoms with E-state index in [2.05, 4.69) is 9.71 Å². The van der Waals surface area contributed by atoms with E-state index >= 15 is 0 Å². The van der Waals surface area contributed by atoms with Gasteiger partial charge in [0.05, 0.1) is 12.0 Å². The molecule has 1 aromatic carbocycles. The third-order valence-electron chi connectivity index (χ3n) is 2.89. The molecule has 0 bridgehead atoms. The summed E-state index contributed by atoms with van der Waals surface area (Å²) in [7, 11) is -2.10. The Kier molecular flexibility index (Phi) is 3.94. The Labute approximate surface area is 118 Å². The molecular weight excluding hydrogens is 276 g/mol. The number of nitrogens with zero attached hydrogens (tertiary/aromatic N) is 1. The van der Waals surface area contributed by atoms with Crippen LogP contribution in [-0.2, 0) is 10.0 Å². The lowest BCUT2D eigenvalue weighted by molar-refractivity contribution is 0.411. The highest BCUT2D eigenvalue weighted by molar-refractivity contribution is 7.92. The van der Waals surface area contributed by atoms with Crippen LogP contribution in [0.25, 0.3) is 0 Å². The highest BCUT2D eigenvalue weighted by Gasteiger charge is 2.19. The zero-order valence-corrected chi connectivity index (χ0v) is 12.4. The molecule has 0 atom stereocenters. The Morgan fingerprint density at radius 3 is 2.50 bits per heavy atom. The summed E-state index contributed by atoms with van der Waals surface area (Å²) < 4.78 is 32.4. The van der Waals surface area contributed by atoms with Gasteiger partial charge in [0.15, 0.2) is 0 Å². The van der Waals surface area contributed by atoms with Gasteiger partial charge in [0.2, 0.25) is 0 Å². The summed E-state index contributed by atoms with van der Waals surface area (Å²) in [6.07, 6.45) is 1.53. The summed E-state index contributed by atoms with van der Waals surface area (Å²) in [6.45, 7) is 3.53. The number of anilines is 1. The topological polar surface area (TPSA) is 68.3 Å². The maximum Gasteiger partial charge on any atom is 0.263 e. The molecule has 106 valence electrons. The molecule has 0 saturated carbocycles. The van der Waals surface area contributed by atoms with Crippen LogP contribution in [0.2, 0.25) is 0 Å². The van der Waals surface area contributed by atoms with Gasteiger partial charge in [-0.15, -0.1) is 0 Å². The minimum atomic E-state index is -3.66. The molecule has 1 N–H and O–H groups in total. The van der Waals surface area contributed by atoms with Gasteiger partial charge in [0, 0.05) is 6.20 Å². The molecule has 0 aliphatic rings. The van der Waals surface area contributed by atoms with E-state index < -0.39 is 10.0 Å². The number of aromatic nitrogens is 1. The van der Waals surface area contributed by atoms with Crippen molar-refractivity contribution in [2.45, 2.75) is 18.7 Å². The maximum absolute atomic E-state index is 12.4. The second kappa shape index (κ2) is 5.50. The molecule has 0 unspecified atom stereocenters. The van der Waals surface area contributed by atoms with Gasteiger partial charge in [0.25, 0.3) is 10.0 Å². The third-order valence-corrected chi connectivity index (χ3v) is 4.38. The Morgan fingerprint density at radius 1 is 1.15 bits per heavy atom. The Bertz CT molecular complexity index is 713. The molecule has 5 nitrogen and oxygen atoms in total. The lowest BCUT2D eigenvalue weighted by Crippen LogP contribution is -2.15. The van der Waals surface area contributed by atoms with Gasteiger partial charge in [-0.05, 0) is 49.2 Å². The van der Waals surface area contributed by atoms with Gasteiger partial charge < -0.3 is 4.74 Å². The number of hydrogen-bond acceptors (Lipinski definition) is 4. The molecule has 2 aromatic rings. The first-order valence-electron chi connectivity index (χ1n) is 6.03. The second-order valence-corrected chi connectivity index (χ2v) is 6.06. The van der Waals surface area contributed by atoms with Crippen molar-refractivity contribution in [1.29, 1.82) is 0 Å². The fourth-order valence-electron chi connectivity index (χ4n) is 1.89. The minimum Gasteiger partial charge on any atom is -0.496 e. The third kappa shape index (κ3) is 2.91. The van der Waals surface area contributed by atoms with E-state index in [1.54, 1.807) is 51.3 Å². The van der Waals surface area contributed by atoms with Crippen molar-refractivity contribution in [2.75, 3.05) is 11.8 Å². The molecule has 2 rings (SSSR count). The molecule has 1 heterocycles. The monoisotopic (exact) mass is 292 g/mol. The quantitative estimate of drug-likeness (QED) is 0.940. The van der Waals surface area contributed by atoms with Gasteiger partial charge in [-0.3, -0.25) is 4.72 Å². The van der Waals surface area contributed by atoms with Gasteiger partial charge in [0.1, 0.15) is 11.6 Å². The lowest BCUT2D eigenvalue weighted by atomic mass is 10.1. The van der Waals surface area contributed by atoms with E-state index in [-0.39, 0.29) is 4.90 Å². The van der Waals surface area contributed by atoms with Gasteiger partial charge in [-0.2, -0.15) is 0 Å². The predicted octanol–water partition coefficient (Wildman–Crippen LogP) is 2.51. The summed E-state index contributed by atoms with van der Waals surface area (Å²) in [5, 5.41) is 0. The van der Waals surface area contributed by atoms with Gasteiger partial charge >= 0.3 is 0 Å². The smallest absolute Gasteiger partial charge is 0.263 e. The van der Waals surface area contributed by atoms with E-state index in [1.165, 1.54) is 6.20 Å². The van der Waals surface area contributed by atoms with Gasteiger partial charge in [-0.25, -0.2) is 13.4 Å². The molecule has 0 aliphatic heterocycles. The number of aryl methyl sites for hydroxylation is 2. The van der Waals surface area contributed by atoms with Crippen LogP contribution in [0.4, 0.5) is 5.82 Å². The van der Waals surface area contributed by atoms with E-state index in [9.17, 15) is 8.42 Å². The fraction of sp³-hybridized carbons (Fsp3) is 0.214. The molecular formula is C14H16N2O3S. The number of methoxy groups -OCH3 is 1. The predicted molar refractivity (Wildman–Crippen MR) is 77.5 cm³/mol. The SMILES string of the molecule is COc1cc(C)c(S(=O)(=O)Nc2ccccn2)cc1C. The van der Waals surface area contributed by atoms with E-state index in [1.807, 2.05) is 0 Å². The lowest BCUT2D eigenvalue weighted by Gasteiger charge is -2.13. The molecule has 0 amide bonds. The zero-order chi connectivity index (χ0) is 14.8. The summed E-state index contributed by atoms with van der Waals surface area (Å²) in [4.78, 5) is 4.18. The van der Waals surface area contributed by atoms with Crippen LogP contribution in [0.3, 0.4) is 0 Å². The van der Waals surface area contributed by atoms with Crippen molar-refractivity contribution >= 4 is 15.8 Å². The van der Waals surface area contributed by atoms with E-state index in [0.717, 1.165) is 5.56 Å². The Hall–Kier alpha value is -2.08. The van der Waals surface area contributed by atoms with Crippen molar-refractivity contribution in [1.82, 2.24) is 4.98 Å². The first-order chi connectivity index (χ1) is 9.44. The summed E-state index contributed by atoms with van der Waals surface area (Å²) in [5.41, 5.74) is 1.38. The standard InChI is InChI=1S/C14H16N2O3S/c1-10-9-13(11(2)8-12(10)19-3)20(17,18)16-14-6-4-5-7-15-14/h4-9H,1-3H3,(H,15,16). The van der Waals surface area contributed by atoms with Crippen LogP contribution in [0.5, 0.6) is 5.75 Å². The van der Waals surface area contributed by atoms with Crippen molar-refractivity contribution in [3.05, 3.63) is 47.7 Å². The number of ether oxygens (including phenoxy) is 1. The number of pyridine rings is 1. The van der Waals surface area contributed by atoms with Gasteiger partial charge in [-0.1, -0.05) is 6.07 Å². The summed E-state index contributed by atoms with van der Waals surface area (Å²) >= 11 is 0. The molecule has 6 heteroatoms. The minimum absolute atomic E-state index is 0.224. The highest BCUT2D eigenvalue weighted by Crippen LogP contribution is 2.26. The number of sulfonamides is 1. The van der Waals surface area contributed by atoms with Crippen LogP contribution < -0.4 is 9.46 Å². The first-order valence-corrected chi connectivity index (χ1v) is 7.51. The number of benzene rings is 1. The summed E-state index contributed by atoms with van der Waals surface area (Å²) in [6, 6.07) is 8.35. The van der Waals surface area contributed by atoms with Crippen molar-refractivity contribution in [2.24, 2.45) is 0 Å². The highest BCUT2D eigenvalue weighted by atomic mass is 32.2. The van der Waals surface area contributed by atoms with Crippen LogP contribution >= 0.6 is 0 Å². The van der Waals surface area contributed by atoms with Crippen LogP contribution in [0.15, 0.2) is 41.4 Å². The maximum atomic E-state index is 12.4. The molecule has 1 aromatic heterocycles. The van der Waals surface area contributed by atoms with Crippen molar-refractivity contribution in [3.63, 3.8) is 0 Å². The fourth-order valence-corrected chi connectivity index (χ4v) is 3.21. The molecule has 0 spiro atoms. The average Bonchev–Trinajstić information content (AvgIpc) is 2.41.